The van der Waals surface area contributed by atoms with E-state index in [1.807, 2.05) is 0 Å². The van der Waals surface area contributed by atoms with Crippen LogP contribution < -0.4 is 5.73 Å². The second kappa shape index (κ2) is 6.20. The van der Waals surface area contributed by atoms with E-state index in [4.69, 9.17) is 15.9 Å². The minimum atomic E-state index is -1.25. The SMILES string of the molecule is CN(C(=O)N(CC(N)=O)CC(=O)O)C(C)(C)CO. The molecule has 0 fully saturated rings. The summed E-state index contributed by atoms with van der Waals surface area (Å²) >= 11 is 0. The lowest BCUT2D eigenvalue weighted by Gasteiger charge is -2.37. The summed E-state index contributed by atoms with van der Waals surface area (Å²) in [5.74, 6) is -2.06. The molecular formula is C10H19N3O5. The van der Waals surface area contributed by atoms with Gasteiger partial charge in [0.25, 0.3) is 0 Å². The third-order valence-electron chi connectivity index (χ3n) is 2.53. The maximum Gasteiger partial charge on any atom is 0.323 e. The van der Waals surface area contributed by atoms with Crippen LogP contribution in [0.3, 0.4) is 0 Å². The summed E-state index contributed by atoms with van der Waals surface area (Å²) in [6.07, 6.45) is 0. The predicted octanol–water partition coefficient (Wildman–Crippen LogP) is -1.32. The molecule has 104 valence electrons. The Labute approximate surface area is 105 Å². The second-order valence-corrected chi connectivity index (χ2v) is 4.53. The van der Waals surface area contributed by atoms with E-state index in [0.29, 0.717) is 0 Å². The molecule has 0 radical (unpaired) electrons. The van der Waals surface area contributed by atoms with Crippen LogP contribution in [0.2, 0.25) is 0 Å². The van der Waals surface area contributed by atoms with E-state index in [2.05, 4.69) is 0 Å². The molecule has 8 nitrogen and oxygen atoms in total. The predicted molar refractivity (Wildman–Crippen MR) is 62.7 cm³/mol. The first kappa shape index (κ1) is 16.2. The number of carbonyl (C=O) groups is 3. The average molecular weight is 261 g/mol. The van der Waals surface area contributed by atoms with E-state index in [1.165, 1.54) is 11.9 Å². The minimum absolute atomic E-state index is 0.299. The van der Waals surface area contributed by atoms with Crippen LogP contribution in [-0.2, 0) is 9.59 Å². The van der Waals surface area contributed by atoms with Crippen LogP contribution in [0.5, 0.6) is 0 Å². The number of hydrogen-bond donors (Lipinski definition) is 3. The summed E-state index contributed by atoms with van der Waals surface area (Å²) < 4.78 is 0. The Morgan fingerprint density at radius 1 is 1.22 bits per heavy atom. The minimum Gasteiger partial charge on any atom is -0.480 e. The summed E-state index contributed by atoms with van der Waals surface area (Å²) in [7, 11) is 1.41. The molecule has 18 heavy (non-hydrogen) atoms. The van der Waals surface area contributed by atoms with Crippen LogP contribution in [0.15, 0.2) is 0 Å². The number of nitrogens with two attached hydrogens (primary N) is 1. The molecule has 0 unspecified atom stereocenters. The molecule has 0 aromatic heterocycles. The van der Waals surface area contributed by atoms with Crippen molar-refractivity contribution in [3.63, 3.8) is 0 Å². The zero-order valence-electron chi connectivity index (χ0n) is 10.7. The number of carbonyl (C=O) groups excluding carboxylic acids is 2. The first-order valence-electron chi connectivity index (χ1n) is 5.25. The van der Waals surface area contributed by atoms with Crippen LogP contribution >= 0.6 is 0 Å². The molecule has 4 N–H and O–H groups in total. The van der Waals surface area contributed by atoms with Crippen LogP contribution in [0, 0.1) is 0 Å². The lowest BCUT2D eigenvalue weighted by Crippen LogP contribution is -2.55. The van der Waals surface area contributed by atoms with Gasteiger partial charge in [-0.25, -0.2) is 4.79 Å². The number of aliphatic carboxylic acids is 1. The highest BCUT2D eigenvalue weighted by atomic mass is 16.4. The van der Waals surface area contributed by atoms with Crippen molar-refractivity contribution in [3.8, 4) is 0 Å². The normalized spacial score (nSPS) is 10.9. The van der Waals surface area contributed by atoms with Crippen molar-refractivity contribution in [3.05, 3.63) is 0 Å². The molecule has 0 aromatic carbocycles. The highest BCUT2D eigenvalue weighted by molar-refractivity contribution is 5.86. The molecular weight excluding hydrogens is 242 g/mol. The Morgan fingerprint density at radius 2 is 1.72 bits per heavy atom. The van der Waals surface area contributed by atoms with Gasteiger partial charge in [0.2, 0.25) is 5.91 Å². The highest BCUT2D eigenvalue weighted by Gasteiger charge is 2.31. The summed E-state index contributed by atoms with van der Waals surface area (Å²) in [4.78, 5) is 35.4. The van der Waals surface area contributed by atoms with E-state index < -0.39 is 36.5 Å². The number of aliphatic hydroxyl groups is 1. The molecule has 0 atom stereocenters. The number of amides is 3. The van der Waals surface area contributed by atoms with Crippen LogP contribution in [0.1, 0.15) is 13.8 Å². The van der Waals surface area contributed by atoms with Gasteiger partial charge in [-0.3, -0.25) is 9.59 Å². The average Bonchev–Trinajstić information content (AvgIpc) is 2.24. The van der Waals surface area contributed by atoms with Gasteiger partial charge < -0.3 is 25.7 Å². The monoisotopic (exact) mass is 261 g/mol. The number of urea groups is 1. The fourth-order valence-corrected chi connectivity index (χ4v) is 1.12. The molecule has 0 bridgehead atoms. The van der Waals surface area contributed by atoms with Gasteiger partial charge in [0.15, 0.2) is 0 Å². The molecule has 0 aliphatic heterocycles. The van der Waals surface area contributed by atoms with E-state index in [1.54, 1.807) is 13.8 Å². The first-order valence-corrected chi connectivity index (χ1v) is 5.25. The zero-order valence-corrected chi connectivity index (χ0v) is 10.7. The van der Waals surface area contributed by atoms with E-state index in [0.717, 1.165) is 4.90 Å². The Kier molecular flexibility index (Phi) is 5.57. The van der Waals surface area contributed by atoms with Gasteiger partial charge in [0.05, 0.1) is 12.1 Å². The quantitative estimate of drug-likeness (QED) is 0.547. The fraction of sp³-hybridized carbons (Fsp3) is 0.700. The van der Waals surface area contributed by atoms with Crippen molar-refractivity contribution < 1.29 is 24.6 Å². The molecule has 0 heterocycles. The summed E-state index contributed by atoms with van der Waals surface area (Å²) in [5, 5.41) is 17.8. The maximum absolute atomic E-state index is 12.0. The number of rotatable bonds is 6. The molecule has 8 heteroatoms. The van der Waals surface area contributed by atoms with Crippen LogP contribution in [0.4, 0.5) is 4.79 Å². The number of nitrogens with zero attached hydrogens (tertiary/aromatic N) is 2. The van der Waals surface area contributed by atoms with Gasteiger partial charge in [-0.1, -0.05) is 0 Å². The molecule has 0 aliphatic rings. The van der Waals surface area contributed by atoms with Gasteiger partial charge in [0.1, 0.15) is 13.1 Å². The van der Waals surface area contributed by atoms with Crippen LogP contribution in [0.25, 0.3) is 0 Å². The van der Waals surface area contributed by atoms with Crippen molar-refractivity contribution in [2.75, 3.05) is 26.7 Å². The maximum atomic E-state index is 12.0. The van der Waals surface area contributed by atoms with Crippen molar-refractivity contribution >= 4 is 17.9 Å². The third-order valence-corrected chi connectivity index (χ3v) is 2.53. The van der Waals surface area contributed by atoms with Crippen molar-refractivity contribution in [1.82, 2.24) is 9.80 Å². The van der Waals surface area contributed by atoms with E-state index in [-0.39, 0.29) is 6.61 Å². The smallest absolute Gasteiger partial charge is 0.323 e. The number of aliphatic hydroxyl groups excluding tert-OH is 1. The lowest BCUT2D eigenvalue weighted by atomic mass is 10.1. The van der Waals surface area contributed by atoms with Crippen molar-refractivity contribution in [2.24, 2.45) is 5.73 Å². The molecule has 0 saturated heterocycles. The number of primary amides is 1. The Balaban J connectivity index is 4.94. The fourth-order valence-electron chi connectivity index (χ4n) is 1.12. The highest BCUT2D eigenvalue weighted by Crippen LogP contribution is 2.13. The van der Waals surface area contributed by atoms with E-state index in [9.17, 15) is 14.4 Å². The standard InChI is InChI=1S/C10H19N3O5/c1-10(2,6-14)12(3)9(18)13(4-7(11)15)5-8(16)17/h14H,4-6H2,1-3H3,(H2,11,15)(H,16,17). The molecule has 0 aliphatic carbocycles. The number of hydrogen-bond acceptors (Lipinski definition) is 4. The topological polar surface area (TPSA) is 124 Å². The van der Waals surface area contributed by atoms with Gasteiger partial charge in [-0.05, 0) is 13.8 Å². The molecule has 0 aromatic rings. The Bertz CT molecular complexity index is 326. The van der Waals surface area contributed by atoms with Gasteiger partial charge in [-0.2, -0.15) is 0 Å². The molecule has 0 spiro atoms. The van der Waals surface area contributed by atoms with Crippen molar-refractivity contribution in [2.45, 2.75) is 19.4 Å². The molecule has 0 rings (SSSR count). The number of carboxylic acids is 1. The van der Waals surface area contributed by atoms with Gasteiger partial charge >= 0.3 is 12.0 Å². The second-order valence-electron chi connectivity index (χ2n) is 4.53. The Morgan fingerprint density at radius 3 is 2.06 bits per heavy atom. The first-order chi connectivity index (χ1) is 8.11. The third kappa shape index (κ3) is 4.58. The van der Waals surface area contributed by atoms with Crippen LogP contribution in [-0.4, -0.2) is 70.2 Å². The Hall–Kier alpha value is -1.83. The summed E-state index contributed by atoms with van der Waals surface area (Å²) in [5.41, 5.74) is 4.09. The molecule has 3 amide bonds. The number of likely N-dealkylation sites (N-methyl/N-ethyl adjacent to an activating group) is 1. The lowest BCUT2D eigenvalue weighted by molar-refractivity contribution is -0.138. The summed E-state index contributed by atoms with van der Waals surface area (Å²) in [6, 6.07) is -0.685. The van der Waals surface area contributed by atoms with E-state index >= 15 is 0 Å². The van der Waals surface area contributed by atoms with Crippen molar-refractivity contribution in [1.29, 1.82) is 0 Å². The van der Waals surface area contributed by atoms with Gasteiger partial charge in [0, 0.05) is 7.05 Å². The van der Waals surface area contributed by atoms with Gasteiger partial charge in [-0.15, -0.1) is 0 Å². The number of carboxylic acid groups (broad SMARTS) is 1. The summed E-state index contributed by atoms with van der Waals surface area (Å²) in [6.45, 7) is 1.79. The zero-order chi connectivity index (χ0) is 14.5. The molecule has 0 saturated carbocycles. The largest absolute Gasteiger partial charge is 0.480 e.